The minimum absolute atomic E-state index is 0.00381. The molecule has 0 bridgehead atoms. The molecule has 1 aliphatic carbocycles. The largest absolute Gasteiger partial charge is 0.381 e. The number of carbonyl (C=O) groups excluding carboxylic acids is 1. The van der Waals surface area contributed by atoms with Gasteiger partial charge < -0.3 is 14.7 Å². The highest BCUT2D eigenvalue weighted by Crippen LogP contribution is 2.37. The molecule has 21 heavy (non-hydrogen) atoms. The number of aromatic amines is 1. The third-order valence-corrected chi connectivity index (χ3v) is 4.87. The Morgan fingerprint density at radius 3 is 2.76 bits per heavy atom. The van der Waals surface area contributed by atoms with Crippen molar-refractivity contribution in [2.75, 3.05) is 20.2 Å². The number of nitrogens with one attached hydrogen (secondary N) is 1. The van der Waals surface area contributed by atoms with Crippen LogP contribution in [0.5, 0.6) is 0 Å². The maximum absolute atomic E-state index is 12.9. The van der Waals surface area contributed by atoms with E-state index >= 15 is 0 Å². The zero-order valence-electron chi connectivity index (χ0n) is 12.3. The summed E-state index contributed by atoms with van der Waals surface area (Å²) in [4.78, 5) is 14.6. The van der Waals surface area contributed by atoms with Crippen molar-refractivity contribution in [2.24, 2.45) is 0 Å². The number of ether oxygens (including phenoxy) is 1. The third kappa shape index (κ3) is 2.44. The lowest BCUT2D eigenvalue weighted by molar-refractivity contribution is -0.159. The second-order valence-electron chi connectivity index (χ2n) is 6.12. The Morgan fingerprint density at radius 2 is 2.14 bits per heavy atom. The van der Waals surface area contributed by atoms with E-state index in [0.29, 0.717) is 18.7 Å². The quantitative estimate of drug-likeness (QED) is 0.850. The van der Waals surface area contributed by atoms with E-state index < -0.39 is 11.2 Å². The van der Waals surface area contributed by atoms with E-state index in [4.69, 9.17) is 4.74 Å². The molecule has 0 unspecified atom stereocenters. The van der Waals surface area contributed by atoms with Crippen molar-refractivity contribution in [1.82, 2.24) is 20.3 Å². The lowest BCUT2D eigenvalue weighted by Crippen LogP contribution is -2.51. The molecule has 1 aromatic rings. The van der Waals surface area contributed by atoms with E-state index in [9.17, 15) is 9.90 Å². The maximum atomic E-state index is 12.9. The van der Waals surface area contributed by atoms with Gasteiger partial charge in [-0.2, -0.15) is 15.4 Å². The van der Waals surface area contributed by atoms with Crippen LogP contribution < -0.4 is 0 Å². The first kappa shape index (κ1) is 14.5. The highest BCUT2D eigenvalue weighted by Gasteiger charge is 2.48. The van der Waals surface area contributed by atoms with Gasteiger partial charge in [0.25, 0.3) is 5.91 Å². The Kier molecular flexibility index (Phi) is 3.71. The maximum Gasteiger partial charge on any atom is 0.254 e. The number of carbonyl (C=O) groups is 1. The zero-order chi connectivity index (χ0) is 14.9. The molecular formula is C14H22N4O3. The van der Waals surface area contributed by atoms with Crippen molar-refractivity contribution in [2.45, 2.75) is 49.7 Å². The van der Waals surface area contributed by atoms with Crippen molar-refractivity contribution >= 4 is 5.91 Å². The summed E-state index contributed by atoms with van der Waals surface area (Å²) in [5.41, 5.74) is -1.31. The minimum Gasteiger partial charge on any atom is -0.381 e. The molecule has 1 saturated carbocycles. The van der Waals surface area contributed by atoms with Crippen molar-refractivity contribution < 1.29 is 14.6 Å². The zero-order valence-corrected chi connectivity index (χ0v) is 12.3. The summed E-state index contributed by atoms with van der Waals surface area (Å²) in [5.74, 6) is 0.00381. The number of rotatable bonds is 3. The van der Waals surface area contributed by atoms with Gasteiger partial charge in [0.2, 0.25) is 0 Å². The van der Waals surface area contributed by atoms with Gasteiger partial charge >= 0.3 is 0 Å². The lowest BCUT2D eigenvalue weighted by Gasteiger charge is -2.37. The van der Waals surface area contributed by atoms with Crippen LogP contribution in [0.1, 0.15) is 44.2 Å². The van der Waals surface area contributed by atoms with Crippen molar-refractivity contribution in [1.29, 1.82) is 0 Å². The normalized spacial score (nSPS) is 28.8. The number of nitrogens with zero attached hydrogens (tertiary/aromatic N) is 3. The van der Waals surface area contributed by atoms with Crippen LogP contribution in [0.4, 0.5) is 0 Å². The molecule has 3 rings (SSSR count). The Labute approximate surface area is 123 Å². The molecule has 1 amide bonds. The molecule has 1 aliphatic heterocycles. The highest BCUT2D eigenvalue weighted by atomic mass is 16.5. The fraction of sp³-hybridized carbons (Fsp3) is 0.786. The Balaban J connectivity index is 1.75. The van der Waals surface area contributed by atoms with E-state index in [1.165, 1.54) is 6.20 Å². The molecule has 1 aromatic heterocycles. The second kappa shape index (κ2) is 5.38. The van der Waals surface area contributed by atoms with Gasteiger partial charge in [-0.05, 0) is 12.8 Å². The number of H-pyrrole nitrogens is 1. The molecule has 7 heteroatoms. The van der Waals surface area contributed by atoms with Gasteiger partial charge in [0.1, 0.15) is 16.9 Å². The average molecular weight is 294 g/mol. The summed E-state index contributed by atoms with van der Waals surface area (Å²) in [6.45, 7) is 0.775. The van der Waals surface area contributed by atoms with E-state index in [2.05, 4.69) is 15.4 Å². The standard InChI is InChI=1S/C14H22N4O3/c1-21-14(5-3-2-4-6-14)12(19)18-8-7-13(20,10-18)11-9-15-17-16-11/h9,20H,2-8,10H2,1H3,(H,15,16,17)/t13-/m0/s1. The smallest absolute Gasteiger partial charge is 0.254 e. The van der Waals surface area contributed by atoms with Crippen molar-refractivity contribution in [3.8, 4) is 0 Å². The molecule has 2 aliphatic rings. The summed E-state index contributed by atoms with van der Waals surface area (Å²) < 4.78 is 5.60. The van der Waals surface area contributed by atoms with Crippen molar-refractivity contribution in [3.63, 3.8) is 0 Å². The van der Waals surface area contributed by atoms with E-state index in [-0.39, 0.29) is 12.5 Å². The summed E-state index contributed by atoms with van der Waals surface area (Å²) in [6, 6.07) is 0. The van der Waals surface area contributed by atoms with Crippen LogP contribution in [0.15, 0.2) is 6.20 Å². The monoisotopic (exact) mass is 294 g/mol. The topological polar surface area (TPSA) is 91.3 Å². The van der Waals surface area contributed by atoms with Crippen LogP contribution >= 0.6 is 0 Å². The van der Waals surface area contributed by atoms with Crippen LogP contribution in [0.25, 0.3) is 0 Å². The van der Waals surface area contributed by atoms with Gasteiger partial charge in [0.05, 0.1) is 12.7 Å². The van der Waals surface area contributed by atoms with Gasteiger partial charge in [0, 0.05) is 20.1 Å². The van der Waals surface area contributed by atoms with Crippen LogP contribution in [0.2, 0.25) is 0 Å². The van der Waals surface area contributed by atoms with E-state index in [0.717, 1.165) is 32.1 Å². The molecule has 116 valence electrons. The number of β-amino-alcohol motifs (C(OH)–C–C–N with tert-alkyl or cyclic N) is 1. The third-order valence-electron chi connectivity index (χ3n) is 4.87. The van der Waals surface area contributed by atoms with Gasteiger partial charge in [-0.15, -0.1) is 0 Å². The number of aromatic nitrogens is 3. The molecule has 2 heterocycles. The number of amides is 1. The van der Waals surface area contributed by atoms with Crippen LogP contribution in [-0.2, 0) is 15.1 Å². The second-order valence-corrected chi connectivity index (χ2v) is 6.12. The van der Waals surface area contributed by atoms with Crippen LogP contribution in [0.3, 0.4) is 0 Å². The van der Waals surface area contributed by atoms with Crippen molar-refractivity contribution in [3.05, 3.63) is 11.9 Å². The Morgan fingerprint density at radius 1 is 1.38 bits per heavy atom. The number of methoxy groups -OCH3 is 1. The Hall–Kier alpha value is -1.47. The lowest BCUT2D eigenvalue weighted by atomic mass is 9.83. The van der Waals surface area contributed by atoms with E-state index in [1.54, 1.807) is 12.0 Å². The number of hydrogen-bond donors (Lipinski definition) is 2. The number of hydrogen-bond acceptors (Lipinski definition) is 5. The van der Waals surface area contributed by atoms with Gasteiger partial charge in [0.15, 0.2) is 0 Å². The van der Waals surface area contributed by atoms with E-state index in [1.807, 2.05) is 0 Å². The minimum atomic E-state index is -1.10. The molecule has 0 aromatic carbocycles. The summed E-state index contributed by atoms with van der Waals surface area (Å²) in [5, 5.41) is 20.9. The molecule has 0 radical (unpaired) electrons. The van der Waals surface area contributed by atoms with Crippen LogP contribution in [-0.4, -0.2) is 57.1 Å². The number of aliphatic hydroxyl groups is 1. The Bertz CT molecular complexity index is 498. The first-order chi connectivity index (χ1) is 10.1. The summed E-state index contributed by atoms with van der Waals surface area (Å²) >= 11 is 0. The number of likely N-dealkylation sites (tertiary alicyclic amines) is 1. The first-order valence-electron chi connectivity index (χ1n) is 7.53. The molecule has 1 atom stereocenters. The average Bonchev–Trinajstić information content (AvgIpc) is 3.17. The SMILES string of the molecule is COC1(C(=O)N2CC[C@@](O)(c3cn[nH]n3)C2)CCCCC1. The first-order valence-corrected chi connectivity index (χ1v) is 7.53. The molecule has 7 nitrogen and oxygen atoms in total. The molecule has 2 fully saturated rings. The highest BCUT2D eigenvalue weighted by molar-refractivity contribution is 5.85. The fourth-order valence-electron chi connectivity index (χ4n) is 3.52. The fourth-order valence-corrected chi connectivity index (χ4v) is 3.52. The predicted molar refractivity (Wildman–Crippen MR) is 74.3 cm³/mol. The van der Waals surface area contributed by atoms with Gasteiger partial charge in [-0.1, -0.05) is 19.3 Å². The van der Waals surface area contributed by atoms with Crippen LogP contribution in [0, 0.1) is 0 Å². The van der Waals surface area contributed by atoms with Gasteiger partial charge in [-0.25, -0.2) is 0 Å². The van der Waals surface area contributed by atoms with Gasteiger partial charge in [-0.3, -0.25) is 4.79 Å². The predicted octanol–water partition coefficient (Wildman–Crippen LogP) is 0.574. The molecule has 0 spiro atoms. The summed E-state index contributed by atoms with van der Waals surface area (Å²) in [7, 11) is 1.61. The molecule has 2 N–H and O–H groups in total. The molecular weight excluding hydrogens is 272 g/mol. The molecule has 1 saturated heterocycles. The summed E-state index contributed by atoms with van der Waals surface area (Å²) in [6.07, 6.45) is 6.71.